The van der Waals surface area contributed by atoms with Crippen molar-refractivity contribution < 1.29 is 4.79 Å². The van der Waals surface area contributed by atoms with Crippen LogP contribution < -0.4 is 11.1 Å². The standard InChI is InChI=1S/C16H24N2O/c1-11(2)13-5-3-12(4-6-13)10-18-16(19)9-15(17)14-7-8-14/h3-6,11,14-15H,7-10,17H2,1-2H3,(H,18,19). The van der Waals surface area contributed by atoms with Gasteiger partial charge in [0.1, 0.15) is 0 Å². The van der Waals surface area contributed by atoms with Gasteiger partial charge in [0.2, 0.25) is 5.91 Å². The Morgan fingerprint density at radius 1 is 1.32 bits per heavy atom. The lowest BCUT2D eigenvalue weighted by Gasteiger charge is -2.11. The van der Waals surface area contributed by atoms with Crippen molar-refractivity contribution in [2.45, 2.75) is 51.6 Å². The van der Waals surface area contributed by atoms with Crippen LogP contribution in [-0.2, 0) is 11.3 Å². The molecule has 104 valence electrons. The van der Waals surface area contributed by atoms with Crippen LogP contribution in [0.15, 0.2) is 24.3 Å². The lowest BCUT2D eigenvalue weighted by molar-refractivity contribution is -0.121. The van der Waals surface area contributed by atoms with Gasteiger partial charge in [-0.15, -0.1) is 0 Å². The molecule has 1 aliphatic carbocycles. The van der Waals surface area contributed by atoms with Gasteiger partial charge in [-0.25, -0.2) is 0 Å². The number of nitrogens with one attached hydrogen (secondary N) is 1. The molecule has 1 atom stereocenters. The Labute approximate surface area is 115 Å². The van der Waals surface area contributed by atoms with Gasteiger partial charge in [-0.05, 0) is 35.8 Å². The summed E-state index contributed by atoms with van der Waals surface area (Å²) in [4.78, 5) is 11.7. The quantitative estimate of drug-likeness (QED) is 0.826. The summed E-state index contributed by atoms with van der Waals surface area (Å²) in [6, 6.07) is 8.46. The first kappa shape index (κ1) is 14.1. The molecule has 3 nitrogen and oxygen atoms in total. The minimum absolute atomic E-state index is 0.0447. The minimum atomic E-state index is 0.0447. The van der Waals surface area contributed by atoms with E-state index in [0.717, 1.165) is 5.56 Å². The Balaban J connectivity index is 1.76. The summed E-state index contributed by atoms with van der Waals surface area (Å²) in [5, 5.41) is 2.94. The number of carbonyl (C=O) groups is 1. The minimum Gasteiger partial charge on any atom is -0.352 e. The fourth-order valence-electron chi connectivity index (χ4n) is 2.20. The highest BCUT2D eigenvalue weighted by atomic mass is 16.1. The molecule has 3 heteroatoms. The predicted octanol–water partition coefficient (Wildman–Crippen LogP) is 2.55. The van der Waals surface area contributed by atoms with Crippen LogP contribution in [0.25, 0.3) is 0 Å². The third kappa shape index (κ3) is 4.35. The van der Waals surface area contributed by atoms with Gasteiger partial charge in [-0.3, -0.25) is 4.79 Å². The zero-order valence-electron chi connectivity index (χ0n) is 11.9. The van der Waals surface area contributed by atoms with Gasteiger partial charge in [0.15, 0.2) is 0 Å². The first-order chi connectivity index (χ1) is 9.06. The first-order valence-corrected chi connectivity index (χ1v) is 7.17. The van der Waals surface area contributed by atoms with Crippen molar-refractivity contribution in [2.75, 3.05) is 0 Å². The Bertz CT molecular complexity index is 421. The van der Waals surface area contributed by atoms with Crippen molar-refractivity contribution in [3.63, 3.8) is 0 Å². The lowest BCUT2D eigenvalue weighted by Crippen LogP contribution is -2.32. The van der Waals surface area contributed by atoms with E-state index in [1.807, 2.05) is 0 Å². The summed E-state index contributed by atoms with van der Waals surface area (Å²) in [6.07, 6.45) is 2.82. The van der Waals surface area contributed by atoms with Crippen molar-refractivity contribution in [3.05, 3.63) is 35.4 Å². The molecule has 1 aromatic carbocycles. The maximum atomic E-state index is 11.7. The number of hydrogen-bond donors (Lipinski definition) is 2. The second-order valence-electron chi connectivity index (χ2n) is 5.88. The fraction of sp³-hybridized carbons (Fsp3) is 0.562. The zero-order chi connectivity index (χ0) is 13.8. The van der Waals surface area contributed by atoms with Crippen LogP contribution in [0, 0.1) is 5.92 Å². The predicted molar refractivity (Wildman–Crippen MR) is 77.7 cm³/mol. The van der Waals surface area contributed by atoms with Crippen molar-refractivity contribution in [1.29, 1.82) is 0 Å². The molecule has 0 spiro atoms. The molecule has 19 heavy (non-hydrogen) atoms. The van der Waals surface area contributed by atoms with E-state index >= 15 is 0 Å². The number of benzene rings is 1. The van der Waals surface area contributed by atoms with Crippen LogP contribution in [0.5, 0.6) is 0 Å². The van der Waals surface area contributed by atoms with E-state index in [9.17, 15) is 4.79 Å². The molecule has 1 saturated carbocycles. The molecular formula is C16H24N2O. The van der Waals surface area contributed by atoms with Crippen molar-refractivity contribution in [3.8, 4) is 0 Å². The molecule has 2 rings (SSSR count). The molecule has 0 bridgehead atoms. The molecule has 0 saturated heterocycles. The number of hydrogen-bond acceptors (Lipinski definition) is 2. The molecule has 3 N–H and O–H groups in total. The summed E-state index contributed by atoms with van der Waals surface area (Å²) >= 11 is 0. The van der Waals surface area contributed by atoms with E-state index < -0.39 is 0 Å². The Kier molecular flexibility index (Phi) is 4.59. The summed E-state index contributed by atoms with van der Waals surface area (Å²) < 4.78 is 0. The molecule has 0 radical (unpaired) electrons. The molecule has 1 aliphatic rings. The van der Waals surface area contributed by atoms with Crippen LogP contribution in [0.2, 0.25) is 0 Å². The van der Waals surface area contributed by atoms with E-state index in [2.05, 4.69) is 43.4 Å². The second-order valence-corrected chi connectivity index (χ2v) is 5.88. The highest BCUT2D eigenvalue weighted by molar-refractivity contribution is 5.76. The van der Waals surface area contributed by atoms with Crippen LogP contribution in [0.4, 0.5) is 0 Å². The van der Waals surface area contributed by atoms with Gasteiger partial charge in [-0.1, -0.05) is 38.1 Å². The Hall–Kier alpha value is -1.35. The average Bonchev–Trinajstić information content (AvgIpc) is 3.21. The zero-order valence-corrected chi connectivity index (χ0v) is 11.9. The van der Waals surface area contributed by atoms with E-state index in [1.165, 1.54) is 18.4 Å². The molecular weight excluding hydrogens is 236 g/mol. The number of carbonyl (C=O) groups excluding carboxylic acids is 1. The monoisotopic (exact) mass is 260 g/mol. The van der Waals surface area contributed by atoms with Gasteiger partial charge in [-0.2, -0.15) is 0 Å². The lowest BCUT2D eigenvalue weighted by atomic mass is 10.0. The van der Waals surface area contributed by atoms with Crippen LogP contribution in [0.3, 0.4) is 0 Å². The van der Waals surface area contributed by atoms with Crippen molar-refractivity contribution in [1.82, 2.24) is 5.32 Å². The van der Waals surface area contributed by atoms with E-state index in [-0.39, 0.29) is 11.9 Å². The number of nitrogens with two attached hydrogens (primary N) is 1. The smallest absolute Gasteiger partial charge is 0.221 e. The van der Waals surface area contributed by atoms with E-state index in [4.69, 9.17) is 5.73 Å². The molecule has 0 heterocycles. The first-order valence-electron chi connectivity index (χ1n) is 7.17. The van der Waals surface area contributed by atoms with Gasteiger partial charge < -0.3 is 11.1 Å². The molecule has 1 unspecified atom stereocenters. The highest BCUT2D eigenvalue weighted by Crippen LogP contribution is 2.32. The van der Waals surface area contributed by atoms with Crippen LogP contribution in [-0.4, -0.2) is 11.9 Å². The third-order valence-corrected chi connectivity index (χ3v) is 3.78. The summed E-state index contributed by atoms with van der Waals surface area (Å²) in [5.41, 5.74) is 8.40. The maximum Gasteiger partial charge on any atom is 0.221 e. The summed E-state index contributed by atoms with van der Waals surface area (Å²) in [6.45, 7) is 4.95. The molecule has 1 aromatic rings. The average molecular weight is 260 g/mol. The second kappa shape index (κ2) is 6.20. The Morgan fingerprint density at radius 2 is 1.95 bits per heavy atom. The van der Waals surface area contributed by atoms with Gasteiger partial charge >= 0.3 is 0 Å². The molecule has 1 amide bonds. The normalized spacial score (nSPS) is 16.4. The topological polar surface area (TPSA) is 55.1 Å². The Morgan fingerprint density at radius 3 is 2.47 bits per heavy atom. The SMILES string of the molecule is CC(C)c1ccc(CNC(=O)CC(N)C2CC2)cc1. The van der Waals surface area contributed by atoms with Gasteiger partial charge in [0.05, 0.1) is 0 Å². The van der Waals surface area contributed by atoms with Gasteiger partial charge in [0, 0.05) is 19.0 Å². The van der Waals surface area contributed by atoms with Crippen LogP contribution in [0.1, 0.15) is 50.2 Å². The molecule has 0 aromatic heterocycles. The largest absolute Gasteiger partial charge is 0.352 e. The van der Waals surface area contributed by atoms with Crippen molar-refractivity contribution in [2.24, 2.45) is 11.7 Å². The third-order valence-electron chi connectivity index (χ3n) is 3.78. The number of amides is 1. The van der Waals surface area contributed by atoms with Crippen LogP contribution >= 0.6 is 0 Å². The van der Waals surface area contributed by atoms with Gasteiger partial charge in [0.25, 0.3) is 0 Å². The maximum absolute atomic E-state index is 11.7. The number of rotatable bonds is 6. The molecule has 1 fully saturated rings. The summed E-state index contributed by atoms with van der Waals surface area (Å²) in [7, 11) is 0. The van der Waals surface area contributed by atoms with E-state index in [1.54, 1.807) is 0 Å². The van der Waals surface area contributed by atoms with Crippen molar-refractivity contribution >= 4 is 5.91 Å². The fourth-order valence-corrected chi connectivity index (χ4v) is 2.20. The highest BCUT2D eigenvalue weighted by Gasteiger charge is 2.29. The molecule has 0 aliphatic heterocycles. The summed E-state index contributed by atoms with van der Waals surface area (Å²) in [5.74, 6) is 1.18. The van der Waals surface area contributed by atoms with E-state index in [0.29, 0.717) is 24.8 Å².